The summed E-state index contributed by atoms with van der Waals surface area (Å²) in [4.78, 5) is 6.93. The zero-order chi connectivity index (χ0) is 8.55. The topological polar surface area (TPSA) is 48.9 Å². The number of hydrogen-bond donors (Lipinski definition) is 2. The normalized spacial score (nSPS) is 10.8. The number of aromatic nitrogens is 2. The van der Waals surface area contributed by atoms with Crippen LogP contribution in [0.2, 0.25) is 0 Å². The van der Waals surface area contributed by atoms with E-state index in [0.717, 1.165) is 22.2 Å². The van der Waals surface area contributed by atoms with Gasteiger partial charge in [0.2, 0.25) is 0 Å². The average Bonchev–Trinajstić information content (AvgIpc) is 2.53. The smallest absolute Gasteiger partial charge is 0.174 e. The summed E-state index contributed by atoms with van der Waals surface area (Å²) >= 11 is 0. The Labute approximate surface area is 70.1 Å². The quantitative estimate of drug-likeness (QED) is 0.659. The molecule has 3 heteroatoms. The van der Waals surface area contributed by atoms with Crippen molar-refractivity contribution in [3.8, 4) is 0 Å². The second-order valence-electron chi connectivity index (χ2n) is 2.75. The van der Waals surface area contributed by atoms with Crippen LogP contribution in [-0.4, -0.2) is 15.1 Å². The lowest BCUT2D eigenvalue weighted by molar-refractivity contribution is 0.281. The molecule has 12 heavy (non-hydrogen) atoms. The van der Waals surface area contributed by atoms with E-state index in [1.807, 2.05) is 19.1 Å². The van der Waals surface area contributed by atoms with Crippen LogP contribution in [0, 0.1) is 13.3 Å². The minimum atomic E-state index is 0.0641. The summed E-state index contributed by atoms with van der Waals surface area (Å²) in [7, 11) is 0. The van der Waals surface area contributed by atoms with Crippen molar-refractivity contribution >= 4 is 11.0 Å². The first-order valence-electron chi connectivity index (χ1n) is 3.78. The van der Waals surface area contributed by atoms with Gasteiger partial charge in [-0.25, -0.2) is 4.98 Å². The van der Waals surface area contributed by atoms with E-state index in [1.165, 1.54) is 0 Å². The highest BCUT2D eigenvalue weighted by Gasteiger charge is 2.03. The van der Waals surface area contributed by atoms with E-state index in [1.54, 1.807) is 0 Å². The number of H-pyrrole nitrogens is 1. The SMILES string of the molecule is Cc1c(CO)ccc2[nH][c]nc12. The molecule has 0 spiro atoms. The highest BCUT2D eigenvalue weighted by molar-refractivity contribution is 5.79. The first kappa shape index (κ1) is 7.31. The number of aromatic amines is 1. The van der Waals surface area contributed by atoms with Crippen molar-refractivity contribution in [1.29, 1.82) is 0 Å². The van der Waals surface area contributed by atoms with Crippen LogP contribution in [0.4, 0.5) is 0 Å². The van der Waals surface area contributed by atoms with E-state index in [9.17, 15) is 0 Å². The zero-order valence-corrected chi connectivity index (χ0v) is 6.76. The molecule has 0 aliphatic carbocycles. The molecular weight excluding hydrogens is 152 g/mol. The lowest BCUT2D eigenvalue weighted by Crippen LogP contribution is -1.88. The number of fused-ring (bicyclic) bond motifs is 1. The van der Waals surface area contributed by atoms with Gasteiger partial charge < -0.3 is 10.1 Å². The maximum Gasteiger partial charge on any atom is 0.174 e. The third-order valence-electron chi connectivity index (χ3n) is 2.07. The van der Waals surface area contributed by atoms with Crippen LogP contribution in [0.1, 0.15) is 11.1 Å². The molecule has 2 N–H and O–H groups in total. The predicted molar refractivity (Wildman–Crippen MR) is 45.6 cm³/mol. The number of hydrogen-bond acceptors (Lipinski definition) is 2. The molecule has 1 aromatic heterocycles. The molecule has 0 atom stereocenters. The van der Waals surface area contributed by atoms with Crippen molar-refractivity contribution in [2.24, 2.45) is 0 Å². The summed E-state index contributed by atoms with van der Waals surface area (Å²) in [6.45, 7) is 2.01. The van der Waals surface area contributed by atoms with Gasteiger partial charge in [0.1, 0.15) is 0 Å². The Hall–Kier alpha value is -1.35. The molecule has 0 aliphatic rings. The number of imidazole rings is 1. The first-order valence-corrected chi connectivity index (χ1v) is 3.78. The Balaban J connectivity index is 2.78. The summed E-state index contributed by atoms with van der Waals surface area (Å²) in [5, 5.41) is 8.97. The van der Waals surface area contributed by atoms with Crippen LogP contribution in [0.25, 0.3) is 11.0 Å². The van der Waals surface area contributed by atoms with Crippen molar-refractivity contribution in [1.82, 2.24) is 9.97 Å². The third-order valence-corrected chi connectivity index (χ3v) is 2.07. The van der Waals surface area contributed by atoms with E-state index in [4.69, 9.17) is 5.11 Å². The molecule has 61 valence electrons. The van der Waals surface area contributed by atoms with Crippen LogP contribution in [-0.2, 0) is 6.61 Å². The highest BCUT2D eigenvalue weighted by Crippen LogP contribution is 2.17. The number of nitrogens with zero attached hydrogens (tertiary/aromatic N) is 1. The summed E-state index contributed by atoms with van der Waals surface area (Å²) in [6, 6.07) is 3.79. The molecule has 3 nitrogen and oxygen atoms in total. The Morgan fingerprint density at radius 2 is 2.42 bits per heavy atom. The molecule has 0 amide bonds. The van der Waals surface area contributed by atoms with Gasteiger partial charge in [-0.2, -0.15) is 0 Å². The van der Waals surface area contributed by atoms with Gasteiger partial charge in [0.15, 0.2) is 6.33 Å². The van der Waals surface area contributed by atoms with Gasteiger partial charge in [-0.05, 0) is 24.1 Å². The van der Waals surface area contributed by atoms with Gasteiger partial charge in [-0.15, -0.1) is 0 Å². The molecule has 1 aromatic carbocycles. The number of rotatable bonds is 1. The Kier molecular flexibility index (Phi) is 1.59. The van der Waals surface area contributed by atoms with Crippen molar-refractivity contribution in [3.63, 3.8) is 0 Å². The molecule has 0 aliphatic heterocycles. The first-order chi connectivity index (χ1) is 5.83. The van der Waals surface area contributed by atoms with Gasteiger partial charge in [0, 0.05) is 0 Å². The summed E-state index contributed by atoms with van der Waals surface area (Å²) in [5.74, 6) is 0. The minimum absolute atomic E-state index is 0.0641. The van der Waals surface area contributed by atoms with Crippen molar-refractivity contribution in [2.45, 2.75) is 13.5 Å². The van der Waals surface area contributed by atoms with E-state index in [-0.39, 0.29) is 6.61 Å². The molecular formula is C9H9N2O. The van der Waals surface area contributed by atoms with Gasteiger partial charge in [-0.1, -0.05) is 6.07 Å². The number of aliphatic hydroxyl groups is 1. The maximum atomic E-state index is 8.97. The lowest BCUT2D eigenvalue weighted by Gasteiger charge is -2.01. The second kappa shape index (κ2) is 2.60. The van der Waals surface area contributed by atoms with Gasteiger partial charge >= 0.3 is 0 Å². The molecule has 0 fully saturated rings. The largest absolute Gasteiger partial charge is 0.392 e. The summed E-state index contributed by atoms with van der Waals surface area (Å²) in [6.07, 6.45) is 2.67. The zero-order valence-electron chi connectivity index (χ0n) is 6.76. The van der Waals surface area contributed by atoms with Crippen LogP contribution in [0.3, 0.4) is 0 Å². The molecule has 0 saturated carbocycles. The van der Waals surface area contributed by atoms with Crippen LogP contribution < -0.4 is 0 Å². The van der Waals surface area contributed by atoms with Gasteiger partial charge in [0.05, 0.1) is 17.6 Å². The highest BCUT2D eigenvalue weighted by atomic mass is 16.3. The maximum absolute atomic E-state index is 8.97. The Morgan fingerprint density at radius 3 is 3.17 bits per heavy atom. The molecule has 1 heterocycles. The van der Waals surface area contributed by atoms with Crippen molar-refractivity contribution in [2.75, 3.05) is 0 Å². The average molecular weight is 161 g/mol. The molecule has 2 aromatic rings. The Morgan fingerprint density at radius 1 is 1.58 bits per heavy atom. The Bertz CT molecular complexity index is 406. The number of aryl methyl sites for hydroxylation is 1. The van der Waals surface area contributed by atoms with Crippen LogP contribution in [0.15, 0.2) is 12.1 Å². The summed E-state index contributed by atoms with van der Waals surface area (Å²) < 4.78 is 0. The van der Waals surface area contributed by atoms with Crippen LogP contribution >= 0.6 is 0 Å². The minimum Gasteiger partial charge on any atom is -0.392 e. The molecule has 1 radical (unpaired) electrons. The molecule has 0 bridgehead atoms. The van der Waals surface area contributed by atoms with E-state index in [2.05, 4.69) is 16.3 Å². The lowest BCUT2D eigenvalue weighted by atomic mass is 10.1. The van der Waals surface area contributed by atoms with E-state index >= 15 is 0 Å². The fourth-order valence-corrected chi connectivity index (χ4v) is 1.30. The number of aliphatic hydroxyl groups excluding tert-OH is 1. The third kappa shape index (κ3) is 0.905. The monoisotopic (exact) mass is 161 g/mol. The number of benzene rings is 1. The molecule has 2 rings (SSSR count). The fourth-order valence-electron chi connectivity index (χ4n) is 1.30. The second-order valence-corrected chi connectivity index (χ2v) is 2.75. The van der Waals surface area contributed by atoms with Crippen molar-refractivity contribution < 1.29 is 5.11 Å². The van der Waals surface area contributed by atoms with Crippen molar-refractivity contribution in [3.05, 3.63) is 29.6 Å². The van der Waals surface area contributed by atoms with E-state index in [0.29, 0.717) is 0 Å². The fraction of sp³-hybridized carbons (Fsp3) is 0.222. The van der Waals surface area contributed by atoms with Gasteiger partial charge in [-0.3, -0.25) is 0 Å². The molecule has 0 unspecified atom stereocenters. The summed E-state index contributed by atoms with van der Waals surface area (Å²) in [5.41, 5.74) is 3.79. The standard InChI is InChI=1S/C9H9N2O/c1-6-7(4-12)2-3-8-9(6)11-5-10-8/h2-3,12H,4H2,1H3,(H,10,11). The molecule has 0 saturated heterocycles. The van der Waals surface area contributed by atoms with Crippen LogP contribution in [0.5, 0.6) is 0 Å². The van der Waals surface area contributed by atoms with Gasteiger partial charge in [0.25, 0.3) is 0 Å². The number of nitrogens with one attached hydrogen (secondary N) is 1. The predicted octanol–water partition coefficient (Wildman–Crippen LogP) is 1.16. The van der Waals surface area contributed by atoms with E-state index < -0.39 is 0 Å².